The van der Waals surface area contributed by atoms with Gasteiger partial charge in [0.1, 0.15) is 0 Å². The zero-order valence-electron chi connectivity index (χ0n) is 39.9. The van der Waals surface area contributed by atoms with E-state index in [4.69, 9.17) is 0 Å². The minimum Gasteiger partial charge on any atom is -0.310 e. The number of fused-ring (bicyclic) bond motifs is 10. The summed E-state index contributed by atoms with van der Waals surface area (Å²) in [7, 11) is -4.33. The molecular weight excluding hydrogens is 817 g/mol. The summed E-state index contributed by atoms with van der Waals surface area (Å²) in [6, 6.07) is 69.1. The molecule has 1 aliphatic rings. The molecule has 0 saturated carbocycles. The number of anilines is 6. The molecule has 0 radical (unpaired) electrons. The summed E-state index contributed by atoms with van der Waals surface area (Å²) >= 11 is 0. The Kier molecular flexibility index (Phi) is 10.5. The van der Waals surface area contributed by atoms with Crippen molar-refractivity contribution in [3.05, 3.63) is 204 Å². The van der Waals surface area contributed by atoms with Gasteiger partial charge in [-0.15, -0.1) is 0 Å². The zero-order valence-corrected chi connectivity index (χ0v) is 41.9. The van der Waals surface area contributed by atoms with E-state index < -0.39 is 16.1 Å². The Morgan fingerprint density at radius 1 is 0.354 bits per heavy atom. The Morgan fingerprint density at radius 3 is 1.28 bits per heavy atom. The Bertz CT molecular complexity index is 3200. The maximum atomic E-state index is 2.67. The molecule has 10 rings (SSSR count). The van der Waals surface area contributed by atoms with Crippen LogP contribution in [0.2, 0.25) is 39.3 Å². The van der Waals surface area contributed by atoms with E-state index in [2.05, 4.69) is 259 Å². The largest absolute Gasteiger partial charge is 0.310 e. The molecule has 0 aliphatic heterocycles. The Balaban J connectivity index is 1.32. The predicted molar refractivity (Wildman–Crippen MR) is 289 cm³/mol. The lowest BCUT2D eigenvalue weighted by atomic mass is 9.89. The third-order valence-corrected chi connectivity index (χ3v) is 24.5. The van der Waals surface area contributed by atoms with Crippen molar-refractivity contribution in [2.75, 3.05) is 9.80 Å². The van der Waals surface area contributed by atoms with Crippen LogP contribution in [0.25, 0.3) is 43.4 Å². The summed E-state index contributed by atoms with van der Waals surface area (Å²) in [6.07, 6.45) is 0. The molecular formula is C61H62N2Si2. The molecule has 0 bridgehead atoms. The molecule has 0 amide bonds. The highest BCUT2D eigenvalue weighted by atomic mass is 28.4. The van der Waals surface area contributed by atoms with E-state index in [1.807, 2.05) is 0 Å². The molecule has 0 spiro atoms. The highest BCUT2D eigenvalue weighted by Crippen LogP contribution is 2.64. The molecule has 0 heterocycles. The molecule has 0 aromatic heterocycles. The fourth-order valence-electron chi connectivity index (χ4n) is 11.9. The van der Waals surface area contributed by atoms with Crippen molar-refractivity contribution in [2.24, 2.45) is 0 Å². The van der Waals surface area contributed by atoms with Gasteiger partial charge in [0.15, 0.2) is 0 Å². The van der Waals surface area contributed by atoms with Crippen LogP contribution in [0.5, 0.6) is 0 Å². The highest BCUT2D eigenvalue weighted by Gasteiger charge is 2.60. The van der Waals surface area contributed by atoms with Crippen LogP contribution in [-0.2, 0) is 4.66 Å². The Hall–Kier alpha value is -6.21. The third-order valence-electron chi connectivity index (χ3n) is 14.5. The fourth-order valence-corrected chi connectivity index (χ4v) is 25.0. The average molecular weight is 879 g/mol. The van der Waals surface area contributed by atoms with Crippen molar-refractivity contribution >= 4 is 82.6 Å². The Labute approximate surface area is 389 Å². The average Bonchev–Trinajstić information content (AvgIpc) is 3.64. The van der Waals surface area contributed by atoms with Crippen LogP contribution in [0.15, 0.2) is 182 Å². The van der Waals surface area contributed by atoms with Gasteiger partial charge in [-0.2, -0.15) is 0 Å². The van der Waals surface area contributed by atoms with Gasteiger partial charge >= 0.3 is 0 Å². The first-order valence-corrected chi connectivity index (χ1v) is 30.7. The number of rotatable bonds is 10. The summed E-state index contributed by atoms with van der Waals surface area (Å²) in [5, 5.41) is 7.98. The fraction of sp³-hybridized carbons (Fsp3) is 0.213. The highest BCUT2D eigenvalue weighted by molar-refractivity contribution is 7.00. The van der Waals surface area contributed by atoms with Gasteiger partial charge in [-0.3, -0.25) is 0 Å². The van der Waals surface area contributed by atoms with Crippen molar-refractivity contribution < 1.29 is 0 Å². The van der Waals surface area contributed by atoms with E-state index >= 15 is 0 Å². The predicted octanol–water partition coefficient (Wildman–Crippen LogP) is 18.4. The zero-order chi connectivity index (χ0) is 45.4. The van der Waals surface area contributed by atoms with Crippen LogP contribution < -0.4 is 9.80 Å². The number of para-hydroxylation sites is 2. The molecule has 1 aliphatic carbocycles. The van der Waals surface area contributed by atoms with Gasteiger partial charge in [0, 0.05) is 38.5 Å². The maximum Gasteiger partial charge on any atom is 0.0579 e. The molecule has 0 N–H and O–H groups in total. The first kappa shape index (κ1) is 42.7. The molecule has 2 nitrogen and oxygen atoms in total. The standard InChI is InChI=1S/C61H62N2Si2/c1-41(2)43-29-33-47(34-30-43)62(45-21-13-11-14-22-45)49-37-38-54-55(39-49)50-25-17-19-27-52(50)59-58-53-28-20-18-26-51(53)57(40-56(58)61(60(54)59,64(5,6)7)65(8,9)10)63(46-23-15-12-16-24-46)48-35-31-44(32-36-48)42(3)4/h11-42H,1-10H3. The summed E-state index contributed by atoms with van der Waals surface area (Å²) in [5.74, 6) is 0.928. The lowest BCUT2D eigenvalue weighted by Crippen LogP contribution is -2.63. The van der Waals surface area contributed by atoms with Gasteiger partial charge < -0.3 is 9.80 Å². The minimum atomic E-state index is -2.16. The van der Waals surface area contributed by atoms with E-state index in [1.54, 1.807) is 5.56 Å². The monoisotopic (exact) mass is 878 g/mol. The van der Waals surface area contributed by atoms with Crippen LogP contribution >= 0.6 is 0 Å². The lowest BCUT2D eigenvalue weighted by molar-refractivity contribution is 0.866. The van der Waals surface area contributed by atoms with Crippen LogP contribution in [0.4, 0.5) is 34.1 Å². The van der Waals surface area contributed by atoms with Crippen LogP contribution in [-0.4, -0.2) is 16.1 Å². The van der Waals surface area contributed by atoms with E-state index in [0.717, 1.165) is 11.4 Å². The van der Waals surface area contributed by atoms with Gasteiger partial charge in [0.25, 0.3) is 0 Å². The Morgan fingerprint density at radius 2 is 0.769 bits per heavy atom. The first-order chi connectivity index (χ1) is 31.2. The molecule has 324 valence electrons. The van der Waals surface area contributed by atoms with E-state index in [9.17, 15) is 0 Å². The van der Waals surface area contributed by atoms with E-state index in [1.165, 1.54) is 82.9 Å². The molecule has 0 atom stereocenters. The van der Waals surface area contributed by atoms with Gasteiger partial charge in [-0.1, -0.05) is 182 Å². The number of hydrogen-bond acceptors (Lipinski definition) is 2. The van der Waals surface area contributed by atoms with Crippen molar-refractivity contribution in [1.82, 2.24) is 0 Å². The van der Waals surface area contributed by atoms with Gasteiger partial charge in [0.05, 0.1) is 21.8 Å². The molecule has 4 heteroatoms. The second-order valence-corrected chi connectivity index (χ2v) is 32.0. The molecule has 0 saturated heterocycles. The number of nitrogens with zero attached hydrogens (tertiary/aromatic N) is 2. The summed E-state index contributed by atoms with van der Waals surface area (Å²) in [6.45, 7) is 25.0. The smallest absolute Gasteiger partial charge is 0.0579 e. The van der Waals surface area contributed by atoms with Crippen molar-refractivity contribution in [3.63, 3.8) is 0 Å². The van der Waals surface area contributed by atoms with Crippen molar-refractivity contribution in [1.29, 1.82) is 0 Å². The summed E-state index contributed by atoms with van der Waals surface area (Å²) in [4.78, 5) is 4.97. The van der Waals surface area contributed by atoms with Gasteiger partial charge in [0.2, 0.25) is 0 Å². The summed E-state index contributed by atoms with van der Waals surface area (Å²) < 4.78 is -0.136. The molecule has 65 heavy (non-hydrogen) atoms. The molecule has 9 aromatic carbocycles. The van der Waals surface area contributed by atoms with E-state index in [0.29, 0.717) is 11.8 Å². The number of hydrogen-bond donors (Lipinski definition) is 0. The van der Waals surface area contributed by atoms with Crippen LogP contribution in [0.3, 0.4) is 0 Å². The SMILES string of the molecule is CC(C)c1ccc(N(c2ccccc2)c2ccc3c4c(c5ccccc5c3c2)-c2c(cc(N(c3ccccc3)c3ccc(C(C)C)cc3)c3ccccc23)C4([Si](C)(C)C)[Si](C)(C)C)cc1. The van der Waals surface area contributed by atoms with Crippen molar-refractivity contribution in [3.8, 4) is 11.1 Å². The second kappa shape index (κ2) is 16.0. The van der Waals surface area contributed by atoms with Gasteiger partial charge in [-0.05, 0) is 139 Å². The van der Waals surface area contributed by atoms with Gasteiger partial charge in [-0.25, -0.2) is 0 Å². The van der Waals surface area contributed by atoms with Crippen molar-refractivity contribution in [2.45, 2.75) is 83.5 Å². The second-order valence-electron chi connectivity index (χ2n) is 21.0. The van der Waals surface area contributed by atoms with E-state index in [-0.39, 0.29) is 4.66 Å². The quantitative estimate of drug-likeness (QED) is 0.0997. The maximum absolute atomic E-state index is 2.67. The summed E-state index contributed by atoms with van der Waals surface area (Å²) in [5.41, 5.74) is 15.8. The van der Waals surface area contributed by atoms with Crippen LogP contribution in [0, 0.1) is 0 Å². The topological polar surface area (TPSA) is 6.48 Å². The molecule has 0 unspecified atom stereocenters. The first-order valence-electron chi connectivity index (χ1n) is 23.7. The lowest BCUT2D eigenvalue weighted by Gasteiger charge is -2.52. The number of benzene rings is 9. The molecule has 9 aromatic rings. The third kappa shape index (κ3) is 6.79. The van der Waals surface area contributed by atoms with Crippen LogP contribution in [0.1, 0.15) is 61.8 Å². The molecule has 0 fully saturated rings. The minimum absolute atomic E-state index is 0.136. The normalized spacial score (nSPS) is 13.5.